The van der Waals surface area contributed by atoms with Gasteiger partial charge < -0.3 is 9.72 Å². The molecule has 0 radical (unpaired) electrons. The lowest BCUT2D eigenvalue weighted by molar-refractivity contribution is 0.370. The van der Waals surface area contributed by atoms with Gasteiger partial charge in [0.2, 0.25) is 0 Å². The summed E-state index contributed by atoms with van der Waals surface area (Å²) in [5.41, 5.74) is 0.813. The van der Waals surface area contributed by atoms with Crippen LogP contribution < -0.4 is 10.4 Å². The summed E-state index contributed by atoms with van der Waals surface area (Å²) in [6.45, 7) is 6.10. The number of nitrogens with zero attached hydrogens (tertiary/aromatic N) is 1. The molecule has 0 aliphatic rings. The zero-order chi connectivity index (χ0) is 16.5. The van der Waals surface area contributed by atoms with Crippen molar-refractivity contribution in [1.82, 2.24) is 9.55 Å². The van der Waals surface area contributed by atoms with Crippen LogP contribution in [-0.2, 0) is 5.41 Å². The number of halogens is 2. The van der Waals surface area contributed by atoms with Crippen LogP contribution >= 0.6 is 23.2 Å². The smallest absolute Gasteiger partial charge is 0.330 e. The maximum Gasteiger partial charge on any atom is 0.330 e. The van der Waals surface area contributed by atoms with E-state index in [1.807, 2.05) is 20.8 Å². The fraction of sp³-hybridized carbons (Fsp3) is 0.312. The van der Waals surface area contributed by atoms with Crippen molar-refractivity contribution >= 4 is 23.2 Å². The van der Waals surface area contributed by atoms with Gasteiger partial charge >= 0.3 is 5.69 Å². The Hall–Kier alpha value is -1.83. The largest absolute Gasteiger partial charge is 0.479 e. The third-order valence-electron chi connectivity index (χ3n) is 3.10. The van der Waals surface area contributed by atoms with E-state index >= 15 is 0 Å². The molecule has 0 bridgehead atoms. The molecule has 0 saturated heterocycles. The minimum atomic E-state index is -0.281. The molecule has 6 heteroatoms. The molecule has 2 rings (SSSR count). The first-order chi connectivity index (χ1) is 10.2. The molecule has 2 aromatic rings. The standard InChI is InChI=1S/C16H16Cl2N2O2/c1-5-6-22-13-8-12(10(17)7-11(13)18)20-9-14(16(2,3)4)19-15(20)21/h1,7-9H,6H2,2-4H3,(H,19,21). The van der Waals surface area contributed by atoms with E-state index in [0.29, 0.717) is 21.5 Å². The van der Waals surface area contributed by atoms with Crippen molar-refractivity contribution < 1.29 is 4.74 Å². The van der Waals surface area contributed by atoms with Gasteiger partial charge in [0.15, 0.2) is 0 Å². The van der Waals surface area contributed by atoms with Gasteiger partial charge in [-0.05, 0) is 6.07 Å². The summed E-state index contributed by atoms with van der Waals surface area (Å²) in [6.07, 6.45) is 6.90. The Bertz CT molecular complexity index is 792. The fourth-order valence-corrected chi connectivity index (χ4v) is 2.42. The molecular formula is C16H16Cl2N2O2. The molecule has 1 N–H and O–H groups in total. The summed E-state index contributed by atoms with van der Waals surface area (Å²) < 4.78 is 6.80. The molecule has 0 aliphatic heterocycles. The first-order valence-electron chi connectivity index (χ1n) is 6.62. The summed E-state index contributed by atoms with van der Waals surface area (Å²) in [4.78, 5) is 15.0. The van der Waals surface area contributed by atoms with Crippen molar-refractivity contribution in [3.05, 3.63) is 44.6 Å². The lowest BCUT2D eigenvalue weighted by atomic mass is 9.93. The number of H-pyrrole nitrogens is 1. The van der Waals surface area contributed by atoms with Crippen LogP contribution in [0.25, 0.3) is 5.69 Å². The molecule has 0 aliphatic carbocycles. The molecule has 0 spiro atoms. The Kier molecular flexibility index (Phi) is 4.60. The summed E-state index contributed by atoms with van der Waals surface area (Å²) in [5, 5.41) is 0.684. The Morgan fingerprint density at radius 3 is 2.55 bits per heavy atom. The number of hydrogen-bond acceptors (Lipinski definition) is 2. The van der Waals surface area contributed by atoms with Crippen molar-refractivity contribution in [1.29, 1.82) is 0 Å². The second kappa shape index (κ2) is 6.12. The second-order valence-corrected chi connectivity index (χ2v) is 6.63. The highest BCUT2D eigenvalue weighted by molar-refractivity contribution is 6.36. The normalized spacial score (nSPS) is 11.3. The number of ether oxygens (including phenoxy) is 1. The number of benzene rings is 1. The van der Waals surface area contributed by atoms with Crippen molar-refractivity contribution in [3.63, 3.8) is 0 Å². The van der Waals surface area contributed by atoms with E-state index in [0.717, 1.165) is 5.69 Å². The van der Waals surface area contributed by atoms with E-state index in [1.54, 1.807) is 12.3 Å². The van der Waals surface area contributed by atoms with Crippen LogP contribution in [0, 0.1) is 12.3 Å². The van der Waals surface area contributed by atoms with Crippen molar-refractivity contribution in [2.75, 3.05) is 6.61 Å². The maximum atomic E-state index is 12.2. The van der Waals surface area contributed by atoms with Gasteiger partial charge in [0.25, 0.3) is 0 Å². The number of imidazole rings is 1. The third kappa shape index (κ3) is 3.32. The van der Waals surface area contributed by atoms with Gasteiger partial charge in [-0.25, -0.2) is 4.79 Å². The second-order valence-electron chi connectivity index (χ2n) is 5.82. The van der Waals surface area contributed by atoms with E-state index in [9.17, 15) is 4.79 Å². The summed E-state index contributed by atoms with van der Waals surface area (Å²) >= 11 is 12.3. The lowest BCUT2D eigenvalue weighted by Gasteiger charge is -2.15. The van der Waals surface area contributed by atoms with Crippen LogP contribution in [0.2, 0.25) is 10.0 Å². The minimum Gasteiger partial charge on any atom is -0.479 e. The Morgan fingerprint density at radius 1 is 1.32 bits per heavy atom. The van der Waals surface area contributed by atoms with Gasteiger partial charge in [0.05, 0.1) is 15.7 Å². The molecule has 1 heterocycles. The number of hydrogen-bond donors (Lipinski definition) is 1. The van der Waals surface area contributed by atoms with Gasteiger partial charge in [-0.1, -0.05) is 49.9 Å². The van der Waals surface area contributed by atoms with E-state index in [2.05, 4.69) is 10.9 Å². The Morgan fingerprint density at radius 2 is 2.00 bits per heavy atom. The SMILES string of the molecule is C#CCOc1cc(-n2cc(C(C)(C)C)[nH]c2=O)c(Cl)cc1Cl. The van der Waals surface area contributed by atoms with E-state index < -0.39 is 0 Å². The number of aromatic nitrogens is 2. The number of aromatic amines is 1. The van der Waals surface area contributed by atoms with Crippen molar-refractivity contribution in [3.8, 4) is 23.8 Å². The Balaban J connectivity index is 2.56. The van der Waals surface area contributed by atoms with Crippen LogP contribution in [0.15, 0.2) is 23.1 Å². The lowest BCUT2D eigenvalue weighted by Crippen LogP contribution is -2.16. The molecule has 1 aromatic heterocycles. The first-order valence-corrected chi connectivity index (χ1v) is 7.37. The first kappa shape index (κ1) is 16.5. The average Bonchev–Trinajstić information content (AvgIpc) is 2.80. The zero-order valence-corrected chi connectivity index (χ0v) is 14.0. The quantitative estimate of drug-likeness (QED) is 0.865. The average molecular weight is 339 g/mol. The zero-order valence-electron chi connectivity index (χ0n) is 12.5. The molecule has 0 saturated carbocycles. The highest BCUT2D eigenvalue weighted by Crippen LogP contribution is 2.33. The fourth-order valence-electron chi connectivity index (χ4n) is 1.89. The van der Waals surface area contributed by atoms with Crippen molar-refractivity contribution in [2.24, 2.45) is 0 Å². The van der Waals surface area contributed by atoms with E-state index in [4.69, 9.17) is 34.4 Å². The van der Waals surface area contributed by atoms with E-state index in [-0.39, 0.29) is 17.7 Å². The number of nitrogens with one attached hydrogen (secondary N) is 1. The third-order valence-corrected chi connectivity index (χ3v) is 3.70. The van der Waals surface area contributed by atoms with Crippen molar-refractivity contribution in [2.45, 2.75) is 26.2 Å². The molecule has 22 heavy (non-hydrogen) atoms. The van der Waals surface area contributed by atoms with Gasteiger partial charge in [0.1, 0.15) is 12.4 Å². The molecular weight excluding hydrogens is 323 g/mol. The highest BCUT2D eigenvalue weighted by atomic mass is 35.5. The Labute approximate surface area is 139 Å². The molecule has 116 valence electrons. The van der Waals surface area contributed by atoms with Gasteiger partial charge in [-0.3, -0.25) is 4.57 Å². The minimum absolute atomic E-state index is 0.0794. The molecule has 0 unspecified atom stereocenters. The van der Waals surface area contributed by atoms with Crippen LogP contribution in [-0.4, -0.2) is 16.2 Å². The summed E-state index contributed by atoms with van der Waals surface area (Å²) in [5.74, 6) is 2.74. The maximum absolute atomic E-state index is 12.2. The van der Waals surface area contributed by atoms with Crippen LogP contribution in [0.5, 0.6) is 5.75 Å². The summed E-state index contributed by atoms with van der Waals surface area (Å²) in [6, 6.07) is 3.13. The van der Waals surface area contributed by atoms with Crippen LogP contribution in [0.3, 0.4) is 0 Å². The molecule has 1 aromatic carbocycles. The summed E-state index contributed by atoms with van der Waals surface area (Å²) in [7, 11) is 0. The van der Waals surface area contributed by atoms with Crippen LogP contribution in [0.1, 0.15) is 26.5 Å². The van der Waals surface area contributed by atoms with Gasteiger partial charge in [-0.15, -0.1) is 6.42 Å². The topological polar surface area (TPSA) is 47.0 Å². The highest BCUT2D eigenvalue weighted by Gasteiger charge is 2.19. The number of terminal acetylenes is 1. The number of rotatable bonds is 3. The molecule has 0 atom stereocenters. The molecule has 4 nitrogen and oxygen atoms in total. The van der Waals surface area contributed by atoms with Gasteiger partial charge in [0, 0.05) is 23.4 Å². The van der Waals surface area contributed by atoms with Crippen LogP contribution in [0.4, 0.5) is 0 Å². The predicted octanol–water partition coefficient (Wildman–Crippen LogP) is 3.78. The predicted molar refractivity (Wildman–Crippen MR) is 89.4 cm³/mol. The molecule has 0 amide bonds. The monoisotopic (exact) mass is 338 g/mol. The molecule has 0 fully saturated rings. The van der Waals surface area contributed by atoms with E-state index in [1.165, 1.54) is 10.6 Å². The van der Waals surface area contributed by atoms with Gasteiger partial charge in [-0.2, -0.15) is 0 Å².